The highest BCUT2D eigenvalue weighted by Crippen LogP contribution is 2.44. The molecule has 0 aliphatic rings. The molecule has 326 valence electrons. The van der Waals surface area contributed by atoms with E-state index in [4.69, 9.17) is 13.6 Å². The van der Waals surface area contributed by atoms with Crippen LogP contribution < -0.4 is 13.6 Å². The zero-order valence-electron chi connectivity index (χ0n) is 40.7. The molecule has 0 amide bonds. The van der Waals surface area contributed by atoms with Gasteiger partial charge in [-0.3, -0.25) is 0 Å². The molecule has 3 aromatic rings. The van der Waals surface area contributed by atoms with Crippen LogP contribution in [0.3, 0.4) is 0 Å². The van der Waals surface area contributed by atoms with Crippen molar-refractivity contribution in [3.63, 3.8) is 0 Å². The third kappa shape index (κ3) is 19.3. The maximum absolute atomic E-state index is 6.57. The van der Waals surface area contributed by atoms with Crippen LogP contribution in [0.1, 0.15) is 180 Å². The molecule has 0 bridgehead atoms. The lowest BCUT2D eigenvalue weighted by atomic mass is 9.72. The predicted molar refractivity (Wildman–Crippen MR) is 254 cm³/mol. The quantitative estimate of drug-likeness (QED) is 0.120. The van der Waals surface area contributed by atoms with Gasteiger partial charge in [-0.05, 0) is 161 Å². The van der Waals surface area contributed by atoms with E-state index in [1.807, 2.05) is 0 Å². The molecule has 0 aliphatic heterocycles. The minimum atomic E-state index is -1.78. The Morgan fingerprint density at radius 3 is 0.724 bits per heavy atom. The average Bonchev–Trinajstić information content (AvgIpc) is 3.06. The fraction of sp³-hybridized carbons (Fsp3) is 0.667. The Morgan fingerprint density at radius 2 is 0.552 bits per heavy atom. The maximum atomic E-state index is 6.57. The second kappa shape index (κ2) is 20.4. The molecule has 58 heavy (non-hydrogen) atoms. The Balaban J connectivity index is 1.83. The van der Waals surface area contributed by atoms with E-state index in [0.717, 1.165) is 36.5 Å². The van der Waals surface area contributed by atoms with E-state index in [1.54, 1.807) is 0 Å². The van der Waals surface area contributed by atoms with E-state index in [0.29, 0.717) is 34.0 Å². The lowest BCUT2D eigenvalue weighted by Crippen LogP contribution is -2.24. The van der Waals surface area contributed by atoms with Gasteiger partial charge in [-0.25, -0.2) is 0 Å². The van der Waals surface area contributed by atoms with Gasteiger partial charge in [0, 0.05) is 0 Å². The highest BCUT2D eigenvalue weighted by atomic mass is 31.2. The summed E-state index contributed by atoms with van der Waals surface area (Å²) in [4.78, 5) is 0. The molecule has 0 saturated carbocycles. The number of rotatable bonds is 18. The molecular formula is C54H87O3P. The topological polar surface area (TPSA) is 27.7 Å². The largest absolute Gasteiger partial charge is 0.530 e. The highest BCUT2D eigenvalue weighted by Gasteiger charge is 2.30. The maximum Gasteiger partial charge on any atom is 0.530 e. The summed E-state index contributed by atoms with van der Waals surface area (Å²) in [5, 5.41) is 0. The van der Waals surface area contributed by atoms with E-state index in [9.17, 15) is 0 Å². The van der Waals surface area contributed by atoms with Crippen LogP contribution in [0, 0.1) is 50.2 Å². The van der Waals surface area contributed by atoms with Crippen LogP contribution in [0.25, 0.3) is 0 Å². The van der Waals surface area contributed by atoms with Crippen molar-refractivity contribution in [3.8, 4) is 17.2 Å². The standard InChI is InChI=1S/C54H87O3P/c1-49(2,3)34-31-43(52(10,11)12)37-40-19-25-46(26-20-40)55-58(56-47-27-21-41(22-28-47)38-44(53(13,14)15)32-35-50(4,5)6)57-48-29-23-42(24-30-48)39-45(54(16,17)18)33-36-51(7,8)9/h19-30,43-45H,31-39H2,1-18H3. The van der Waals surface area contributed by atoms with E-state index in [1.165, 1.54) is 55.2 Å². The summed E-state index contributed by atoms with van der Waals surface area (Å²) < 4.78 is 19.7. The van der Waals surface area contributed by atoms with Crippen molar-refractivity contribution in [3.05, 3.63) is 89.5 Å². The van der Waals surface area contributed by atoms with Crippen LogP contribution in [0.15, 0.2) is 72.8 Å². The molecule has 0 aliphatic carbocycles. The lowest BCUT2D eigenvalue weighted by Gasteiger charge is -2.33. The zero-order chi connectivity index (χ0) is 43.7. The Hall–Kier alpha value is -2.51. The van der Waals surface area contributed by atoms with E-state index >= 15 is 0 Å². The molecule has 0 saturated heterocycles. The molecule has 3 rings (SSSR count). The van der Waals surface area contributed by atoms with Gasteiger partial charge >= 0.3 is 8.60 Å². The number of benzene rings is 3. The Kier molecular flexibility index (Phi) is 17.5. The van der Waals surface area contributed by atoms with Crippen molar-refractivity contribution < 1.29 is 13.6 Å². The van der Waals surface area contributed by atoms with Gasteiger partial charge in [0.15, 0.2) is 0 Å². The molecular weight excluding hydrogens is 728 g/mol. The van der Waals surface area contributed by atoms with Gasteiger partial charge in [-0.15, -0.1) is 0 Å². The van der Waals surface area contributed by atoms with Gasteiger partial charge in [0.1, 0.15) is 17.2 Å². The molecule has 0 aromatic heterocycles. The fourth-order valence-corrected chi connectivity index (χ4v) is 8.57. The third-order valence-electron chi connectivity index (χ3n) is 12.2. The van der Waals surface area contributed by atoms with Crippen LogP contribution in [0.2, 0.25) is 0 Å². The van der Waals surface area contributed by atoms with Crippen molar-refractivity contribution in [1.82, 2.24) is 0 Å². The average molecular weight is 815 g/mol. The summed E-state index contributed by atoms with van der Waals surface area (Å²) in [5.41, 5.74) is 5.73. The smallest absolute Gasteiger partial charge is 0.409 e. The molecule has 0 heterocycles. The molecule has 4 heteroatoms. The first kappa shape index (κ1) is 49.8. The molecule has 0 radical (unpaired) electrons. The van der Waals surface area contributed by atoms with Crippen molar-refractivity contribution >= 4 is 8.60 Å². The van der Waals surface area contributed by atoms with E-state index in [2.05, 4.69) is 197 Å². The monoisotopic (exact) mass is 815 g/mol. The molecule has 0 N–H and O–H groups in total. The Labute approximate surface area is 360 Å². The first-order chi connectivity index (χ1) is 26.4. The minimum Gasteiger partial charge on any atom is -0.409 e. The van der Waals surface area contributed by atoms with Gasteiger partial charge < -0.3 is 13.6 Å². The second-order valence-corrected chi connectivity index (χ2v) is 25.5. The number of hydrogen-bond acceptors (Lipinski definition) is 3. The first-order valence-corrected chi connectivity index (χ1v) is 23.7. The fourth-order valence-electron chi connectivity index (χ4n) is 7.57. The molecule has 3 atom stereocenters. The van der Waals surface area contributed by atoms with Gasteiger partial charge in [0.25, 0.3) is 0 Å². The predicted octanol–water partition coefficient (Wildman–Crippen LogP) is 17.5. The van der Waals surface area contributed by atoms with E-state index < -0.39 is 8.60 Å². The molecule has 3 nitrogen and oxygen atoms in total. The SMILES string of the molecule is CC(C)(C)CCC(Cc1ccc(OP(Oc2ccc(CC(CCC(C)(C)C)C(C)(C)C)cc2)Oc2ccc(CC(CCC(C)(C)C)C(C)(C)C)cc2)cc1)C(C)(C)C. The Bertz CT molecular complexity index is 1410. The summed E-state index contributed by atoms with van der Waals surface area (Å²) in [7, 11) is -1.78. The summed E-state index contributed by atoms with van der Waals surface area (Å²) in [6.45, 7) is 42.5. The lowest BCUT2D eigenvalue weighted by molar-refractivity contribution is 0.194. The third-order valence-corrected chi connectivity index (χ3v) is 13.2. The second-order valence-electron chi connectivity index (χ2n) is 24.5. The van der Waals surface area contributed by atoms with Crippen LogP contribution in [-0.2, 0) is 19.3 Å². The van der Waals surface area contributed by atoms with Crippen molar-refractivity contribution in [2.75, 3.05) is 0 Å². The van der Waals surface area contributed by atoms with Gasteiger partial charge in [0.05, 0.1) is 0 Å². The van der Waals surface area contributed by atoms with Gasteiger partial charge in [-0.2, -0.15) is 0 Å². The summed E-state index contributed by atoms with van der Waals surface area (Å²) in [5.74, 6) is 4.06. The normalized spacial score (nSPS) is 15.4. The summed E-state index contributed by atoms with van der Waals surface area (Å²) >= 11 is 0. The molecule has 3 unspecified atom stereocenters. The minimum absolute atomic E-state index is 0.238. The zero-order valence-corrected chi connectivity index (χ0v) is 41.6. The molecule has 0 fully saturated rings. The van der Waals surface area contributed by atoms with Gasteiger partial charge in [0.2, 0.25) is 0 Å². The van der Waals surface area contributed by atoms with Crippen molar-refractivity contribution in [1.29, 1.82) is 0 Å². The molecule has 3 aromatic carbocycles. The van der Waals surface area contributed by atoms with Crippen LogP contribution in [-0.4, -0.2) is 0 Å². The van der Waals surface area contributed by atoms with Crippen LogP contribution >= 0.6 is 8.60 Å². The summed E-state index contributed by atoms with van der Waals surface area (Å²) in [6.07, 6.45) is 10.5. The van der Waals surface area contributed by atoms with E-state index in [-0.39, 0.29) is 16.2 Å². The summed E-state index contributed by atoms with van der Waals surface area (Å²) in [6, 6.07) is 25.8. The highest BCUT2D eigenvalue weighted by molar-refractivity contribution is 7.43. The van der Waals surface area contributed by atoms with Crippen molar-refractivity contribution in [2.45, 2.75) is 182 Å². The van der Waals surface area contributed by atoms with Crippen LogP contribution in [0.4, 0.5) is 0 Å². The Morgan fingerprint density at radius 1 is 0.345 bits per heavy atom. The first-order valence-electron chi connectivity index (χ1n) is 22.6. The van der Waals surface area contributed by atoms with Crippen molar-refractivity contribution in [2.24, 2.45) is 50.2 Å². The van der Waals surface area contributed by atoms with Gasteiger partial charge in [-0.1, -0.05) is 161 Å². The molecule has 0 spiro atoms. The number of hydrogen-bond donors (Lipinski definition) is 0. The van der Waals surface area contributed by atoms with Crippen LogP contribution in [0.5, 0.6) is 17.2 Å².